The number of rotatable bonds is 7. The van der Waals surface area contributed by atoms with Crippen LogP contribution in [0.25, 0.3) is 0 Å². The van der Waals surface area contributed by atoms with Crippen molar-refractivity contribution in [3.05, 3.63) is 52.9 Å². The van der Waals surface area contributed by atoms with Crippen LogP contribution in [-0.4, -0.2) is 40.1 Å². The highest BCUT2D eigenvalue weighted by molar-refractivity contribution is 5.89. The fourth-order valence-corrected chi connectivity index (χ4v) is 2.10. The quantitative estimate of drug-likeness (QED) is 0.505. The Morgan fingerprint density at radius 3 is 2.38 bits per heavy atom. The third-order valence-electron chi connectivity index (χ3n) is 3.32. The van der Waals surface area contributed by atoms with Crippen LogP contribution in [0.5, 0.6) is 0 Å². The summed E-state index contributed by atoms with van der Waals surface area (Å²) in [7, 11) is 0. The fraction of sp³-hybridized carbons (Fsp3) is 0.294. The SMILES string of the molecule is CCOC(=O)c1ccc(NCc2cn(O)c(=N)c(C(=O)OCC)n2)cc1. The van der Waals surface area contributed by atoms with E-state index >= 15 is 0 Å². The molecule has 2 aromatic rings. The smallest absolute Gasteiger partial charge is 0.360 e. The highest BCUT2D eigenvalue weighted by Gasteiger charge is 2.15. The van der Waals surface area contributed by atoms with Crippen molar-refractivity contribution in [1.82, 2.24) is 9.71 Å². The fourth-order valence-electron chi connectivity index (χ4n) is 2.10. The number of ether oxygens (including phenoxy) is 2. The zero-order valence-corrected chi connectivity index (χ0v) is 14.5. The number of hydrogen-bond donors (Lipinski definition) is 3. The molecule has 0 unspecified atom stereocenters. The summed E-state index contributed by atoms with van der Waals surface area (Å²) in [6.45, 7) is 4.01. The maximum atomic E-state index is 11.8. The van der Waals surface area contributed by atoms with Gasteiger partial charge in [0.05, 0.1) is 37.2 Å². The van der Waals surface area contributed by atoms with Gasteiger partial charge in [0.15, 0.2) is 11.2 Å². The Balaban J connectivity index is 2.11. The van der Waals surface area contributed by atoms with Crippen LogP contribution in [0.2, 0.25) is 0 Å². The topological polar surface area (TPSA) is 127 Å². The predicted molar refractivity (Wildman–Crippen MR) is 90.9 cm³/mol. The first-order chi connectivity index (χ1) is 12.5. The molecule has 2 rings (SSSR count). The van der Waals surface area contributed by atoms with Gasteiger partial charge in [-0.15, -0.1) is 0 Å². The summed E-state index contributed by atoms with van der Waals surface area (Å²) >= 11 is 0. The molecule has 0 atom stereocenters. The van der Waals surface area contributed by atoms with Crippen molar-refractivity contribution in [2.75, 3.05) is 18.5 Å². The standard InChI is InChI=1S/C17H20N4O5/c1-3-25-16(22)11-5-7-12(8-6-11)19-9-13-10-21(24)15(18)14(20-13)17(23)26-4-2/h5-8,10,18-19,24H,3-4,9H2,1-2H3. The summed E-state index contributed by atoms with van der Waals surface area (Å²) in [4.78, 5) is 27.5. The highest BCUT2D eigenvalue weighted by Crippen LogP contribution is 2.11. The number of nitrogens with one attached hydrogen (secondary N) is 2. The first kappa shape index (κ1) is 19.0. The van der Waals surface area contributed by atoms with E-state index in [4.69, 9.17) is 14.9 Å². The number of carbonyl (C=O) groups is 2. The second-order valence-electron chi connectivity index (χ2n) is 5.15. The summed E-state index contributed by atoms with van der Waals surface area (Å²) in [5.74, 6) is -1.17. The molecule has 9 heteroatoms. The van der Waals surface area contributed by atoms with Gasteiger partial charge in [0.25, 0.3) is 0 Å². The lowest BCUT2D eigenvalue weighted by Gasteiger charge is -2.10. The molecule has 3 N–H and O–H groups in total. The zero-order valence-electron chi connectivity index (χ0n) is 14.5. The van der Waals surface area contributed by atoms with Crippen molar-refractivity contribution in [2.45, 2.75) is 20.4 Å². The van der Waals surface area contributed by atoms with Gasteiger partial charge in [0.1, 0.15) is 0 Å². The van der Waals surface area contributed by atoms with Gasteiger partial charge in [-0.2, -0.15) is 4.73 Å². The van der Waals surface area contributed by atoms with Gasteiger partial charge in [-0.1, -0.05) is 0 Å². The van der Waals surface area contributed by atoms with Gasteiger partial charge < -0.3 is 20.0 Å². The van der Waals surface area contributed by atoms with Crippen molar-refractivity contribution < 1.29 is 24.3 Å². The molecule has 0 bridgehead atoms. The second-order valence-corrected chi connectivity index (χ2v) is 5.15. The summed E-state index contributed by atoms with van der Waals surface area (Å²) in [5, 5.41) is 20.5. The Kier molecular flexibility index (Phi) is 6.31. The third-order valence-corrected chi connectivity index (χ3v) is 3.32. The lowest BCUT2D eigenvalue weighted by atomic mass is 10.2. The summed E-state index contributed by atoms with van der Waals surface area (Å²) in [6, 6.07) is 6.64. The summed E-state index contributed by atoms with van der Waals surface area (Å²) < 4.78 is 10.3. The molecule has 1 aromatic heterocycles. The molecular weight excluding hydrogens is 340 g/mol. The van der Waals surface area contributed by atoms with Gasteiger partial charge in [-0.05, 0) is 38.1 Å². The van der Waals surface area contributed by atoms with E-state index < -0.39 is 17.4 Å². The van der Waals surface area contributed by atoms with Crippen molar-refractivity contribution in [3.8, 4) is 0 Å². The third kappa shape index (κ3) is 4.59. The van der Waals surface area contributed by atoms with E-state index in [0.29, 0.717) is 28.3 Å². The molecule has 9 nitrogen and oxygen atoms in total. The molecule has 0 saturated carbocycles. The number of esters is 2. The number of anilines is 1. The van der Waals surface area contributed by atoms with Crippen molar-refractivity contribution >= 4 is 17.6 Å². The van der Waals surface area contributed by atoms with Crippen LogP contribution in [0, 0.1) is 5.41 Å². The Labute approximate surface area is 149 Å². The van der Waals surface area contributed by atoms with Crippen LogP contribution in [0.3, 0.4) is 0 Å². The van der Waals surface area contributed by atoms with Gasteiger partial charge >= 0.3 is 11.9 Å². The van der Waals surface area contributed by atoms with E-state index in [2.05, 4.69) is 10.3 Å². The molecule has 0 aliphatic carbocycles. The van der Waals surface area contributed by atoms with Gasteiger partial charge in [0.2, 0.25) is 0 Å². The maximum Gasteiger partial charge on any atom is 0.360 e. The van der Waals surface area contributed by atoms with Crippen molar-refractivity contribution in [1.29, 1.82) is 5.41 Å². The van der Waals surface area contributed by atoms with E-state index in [9.17, 15) is 14.8 Å². The largest absolute Gasteiger partial charge is 0.462 e. The van der Waals surface area contributed by atoms with Crippen LogP contribution < -0.4 is 10.8 Å². The van der Waals surface area contributed by atoms with E-state index in [1.165, 1.54) is 6.20 Å². The normalized spacial score (nSPS) is 10.2. The Hall–Kier alpha value is -3.36. The number of hydrogen-bond acceptors (Lipinski definition) is 8. The van der Waals surface area contributed by atoms with Gasteiger partial charge in [-0.25, -0.2) is 14.6 Å². The minimum absolute atomic E-state index is 0.140. The average Bonchev–Trinajstić information content (AvgIpc) is 2.63. The van der Waals surface area contributed by atoms with E-state index in [-0.39, 0.29) is 18.8 Å². The summed E-state index contributed by atoms with van der Waals surface area (Å²) in [5.41, 5.74) is 0.752. The molecule has 26 heavy (non-hydrogen) atoms. The Morgan fingerprint density at radius 2 is 1.77 bits per heavy atom. The number of nitrogens with zero attached hydrogens (tertiary/aromatic N) is 2. The lowest BCUT2D eigenvalue weighted by molar-refractivity contribution is 0.0503. The van der Waals surface area contributed by atoms with E-state index in [1.807, 2.05) is 0 Å². The van der Waals surface area contributed by atoms with E-state index in [0.717, 1.165) is 0 Å². The van der Waals surface area contributed by atoms with Crippen LogP contribution >= 0.6 is 0 Å². The van der Waals surface area contributed by atoms with Crippen LogP contribution in [-0.2, 0) is 16.0 Å². The zero-order chi connectivity index (χ0) is 19.1. The van der Waals surface area contributed by atoms with Crippen LogP contribution in [0.15, 0.2) is 30.5 Å². The molecular formula is C17H20N4O5. The monoisotopic (exact) mass is 360 g/mol. The molecule has 0 spiro atoms. The molecule has 1 aromatic carbocycles. The molecule has 0 radical (unpaired) electrons. The highest BCUT2D eigenvalue weighted by atomic mass is 16.5. The van der Waals surface area contributed by atoms with Crippen LogP contribution in [0.4, 0.5) is 5.69 Å². The molecule has 138 valence electrons. The molecule has 0 fully saturated rings. The Morgan fingerprint density at radius 1 is 1.15 bits per heavy atom. The molecule has 0 saturated heterocycles. The van der Waals surface area contributed by atoms with Crippen LogP contribution in [0.1, 0.15) is 40.4 Å². The maximum absolute atomic E-state index is 11.8. The lowest BCUT2D eigenvalue weighted by Crippen LogP contribution is -2.29. The molecule has 0 amide bonds. The molecule has 1 heterocycles. The average molecular weight is 360 g/mol. The Bertz CT molecular complexity index is 845. The van der Waals surface area contributed by atoms with Crippen molar-refractivity contribution in [2.24, 2.45) is 0 Å². The number of carbonyl (C=O) groups excluding carboxylic acids is 2. The van der Waals surface area contributed by atoms with Gasteiger partial charge in [0, 0.05) is 5.69 Å². The number of aromatic nitrogens is 2. The predicted octanol–water partition coefficient (Wildman–Crippen LogP) is 1.57. The van der Waals surface area contributed by atoms with Gasteiger partial charge in [-0.3, -0.25) is 5.41 Å². The minimum atomic E-state index is -0.777. The van der Waals surface area contributed by atoms with Crippen molar-refractivity contribution in [3.63, 3.8) is 0 Å². The molecule has 0 aliphatic rings. The molecule has 0 aliphatic heterocycles. The first-order valence-electron chi connectivity index (χ1n) is 8.00. The summed E-state index contributed by atoms with van der Waals surface area (Å²) in [6.07, 6.45) is 1.23. The number of benzene rings is 1. The van der Waals surface area contributed by atoms with E-state index in [1.54, 1.807) is 38.1 Å². The minimum Gasteiger partial charge on any atom is -0.462 e. The second kappa shape index (κ2) is 8.65. The first-order valence-corrected chi connectivity index (χ1v) is 8.00.